The number of hydrogen-bond donors (Lipinski definition) is 3. The molecule has 0 atom stereocenters. The quantitative estimate of drug-likeness (QED) is 0.598. The lowest BCUT2D eigenvalue weighted by Gasteiger charge is -2.28. The van der Waals surface area contributed by atoms with Gasteiger partial charge in [-0.3, -0.25) is 9.59 Å². The van der Waals surface area contributed by atoms with E-state index in [9.17, 15) is 9.59 Å². The molecule has 1 aliphatic carbocycles. The molecule has 2 amide bonds. The SMILES string of the molecule is NCC1(NC(=O)Cc2ccc(NC(=O)c3cc4ccccc4o3)cc2)CCCC1. The zero-order chi connectivity index (χ0) is 20.3. The average Bonchev–Trinajstić information content (AvgIpc) is 3.37. The van der Waals surface area contributed by atoms with E-state index in [1.807, 2.05) is 36.4 Å². The van der Waals surface area contributed by atoms with E-state index in [4.69, 9.17) is 10.2 Å². The van der Waals surface area contributed by atoms with Gasteiger partial charge in [-0.2, -0.15) is 0 Å². The molecular formula is C23H25N3O3. The van der Waals surface area contributed by atoms with Crippen LogP contribution in [-0.4, -0.2) is 23.9 Å². The Morgan fingerprint density at radius 2 is 1.76 bits per heavy atom. The Morgan fingerprint density at radius 3 is 2.45 bits per heavy atom. The summed E-state index contributed by atoms with van der Waals surface area (Å²) in [6.45, 7) is 0.478. The zero-order valence-electron chi connectivity index (χ0n) is 16.2. The summed E-state index contributed by atoms with van der Waals surface area (Å²) in [5.41, 5.74) is 7.86. The summed E-state index contributed by atoms with van der Waals surface area (Å²) in [4.78, 5) is 24.8. The van der Waals surface area contributed by atoms with Gasteiger partial charge in [-0.15, -0.1) is 0 Å². The predicted molar refractivity (Wildman–Crippen MR) is 113 cm³/mol. The van der Waals surface area contributed by atoms with Crippen molar-refractivity contribution in [2.45, 2.75) is 37.6 Å². The third-order valence-electron chi connectivity index (χ3n) is 5.58. The van der Waals surface area contributed by atoms with Gasteiger partial charge < -0.3 is 20.8 Å². The molecule has 1 aliphatic rings. The largest absolute Gasteiger partial charge is 0.451 e. The summed E-state index contributed by atoms with van der Waals surface area (Å²) in [7, 11) is 0. The van der Waals surface area contributed by atoms with Crippen LogP contribution >= 0.6 is 0 Å². The van der Waals surface area contributed by atoms with Crippen LogP contribution in [0.3, 0.4) is 0 Å². The molecule has 0 saturated heterocycles. The van der Waals surface area contributed by atoms with Crippen LogP contribution in [0, 0.1) is 0 Å². The van der Waals surface area contributed by atoms with Crippen molar-refractivity contribution >= 4 is 28.5 Å². The molecule has 4 N–H and O–H groups in total. The van der Waals surface area contributed by atoms with Gasteiger partial charge in [0, 0.05) is 17.6 Å². The van der Waals surface area contributed by atoms with Crippen LogP contribution in [0.1, 0.15) is 41.8 Å². The first kappa shape index (κ1) is 19.2. The number of anilines is 1. The molecule has 4 rings (SSSR count). The van der Waals surface area contributed by atoms with E-state index in [0.29, 0.717) is 24.2 Å². The predicted octanol–water partition coefficient (Wildman–Crippen LogP) is 3.62. The minimum Gasteiger partial charge on any atom is -0.451 e. The first-order chi connectivity index (χ1) is 14.1. The molecule has 2 aromatic carbocycles. The Kier molecular flexibility index (Phi) is 5.36. The van der Waals surface area contributed by atoms with Gasteiger partial charge in [0.05, 0.1) is 12.0 Å². The lowest BCUT2D eigenvalue weighted by molar-refractivity contribution is -0.122. The Morgan fingerprint density at radius 1 is 1.03 bits per heavy atom. The second-order valence-electron chi connectivity index (χ2n) is 7.72. The van der Waals surface area contributed by atoms with Crippen LogP contribution in [0.5, 0.6) is 0 Å². The maximum atomic E-state index is 12.4. The second-order valence-corrected chi connectivity index (χ2v) is 7.72. The third-order valence-corrected chi connectivity index (χ3v) is 5.58. The standard InChI is InChI=1S/C23H25N3O3/c24-15-23(11-3-4-12-23)26-21(27)13-16-7-9-18(10-8-16)25-22(28)20-14-17-5-1-2-6-19(17)29-20/h1-2,5-10,14H,3-4,11-13,15,24H2,(H,25,28)(H,26,27). The van der Waals surface area contributed by atoms with E-state index in [1.165, 1.54) is 0 Å². The molecular weight excluding hydrogens is 366 g/mol. The highest BCUT2D eigenvalue weighted by molar-refractivity contribution is 6.04. The van der Waals surface area contributed by atoms with Gasteiger partial charge in [0.1, 0.15) is 5.58 Å². The summed E-state index contributed by atoms with van der Waals surface area (Å²) in [6.07, 6.45) is 4.40. The van der Waals surface area contributed by atoms with E-state index < -0.39 is 0 Å². The first-order valence-electron chi connectivity index (χ1n) is 9.97. The number of carbonyl (C=O) groups excluding carboxylic acids is 2. The van der Waals surface area contributed by atoms with Gasteiger partial charge >= 0.3 is 0 Å². The summed E-state index contributed by atoms with van der Waals surface area (Å²) < 4.78 is 5.59. The fraction of sp³-hybridized carbons (Fsp3) is 0.304. The maximum absolute atomic E-state index is 12.4. The summed E-state index contributed by atoms with van der Waals surface area (Å²) in [6, 6.07) is 16.5. The van der Waals surface area contributed by atoms with Crippen molar-refractivity contribution in [2.24, 2.45) is 5.73 Å². The summed E-state index contributed by atoms with van der Waals surface area (Å²) >= 11 is 0. The molecule has 29 heavy (non-hydrogen) atoms. The van der Waals surface area contributed by atoms with Gasteiger partial charge in [-0.05, 0) is 42.7 Å². The van der Waals surface area contributed by atoms with Gasteiger partial charge in [0.2, 0.25) is 5.91 Å². The van der Waals surface area contributed by atoms with Crippen LogP contribution in [0.15, 0.2) is 59.0 Å². The number of furan rings is 1. The van der Waals surface area contributed by atoms with E-state index in [0.717, 1.165) is 36.6 Å². The summed E-state index contributed by atoms with van der Waals surface area (Å²) in [5.74, 6) is -0.0625. The van der Waals surface area contributed by atoms with E-state index in [2.05, 4.69) is 10.6 Å². The minimum absolute atomic E-state index is 0.0172. The Bertz CT molecular complexity index is 984. The van der Waals surface area contributed by atoms with Gasteiger partial charge in [0.25, 0.3) is 5.91 Å². The molecule has 0 bridgehead atoms. The molecule has 1 fully saturated rings. The van der Waals surface area contributed by atoms with E-state index in [-0.39, 0.29) is 23.1 Å². The van der Waals surface area contributed by atoms with Crippen LogP contribution < -0.4 is 16.4 Å². The number of nitrogens with two attached hydrogens (primary N) is 1. The monoisotopic (exact) mass is 391 g/mol. The molecule has 0 spiro atoms. The van der Waals surface area contributed by atoms with Crippen molar-refractivity contribution in [2.75, 3.05) is 11.9 Å². The second kappa shape index (κ2) is 8.09. The average molecular weight is 391 g/mol. The molecule has 1 saturated carbocycles. The molecule has 1 heterocycles. The Balaban J connectivity index is 1.36. The number of fused-ring (bicyclic) bond motifs is 1. The number of rotatable bonds is 6. The number of nitrogens with one attached hydrogen (secondary N) is 2. The number of hydrogen-bond acceptors (Lipinski definition) is 4. The Labute approximate surface area is 169 Å². The van der Waals surface area contributed by atoms with Crippen molar-refractivity contribution in [1.29, 1.82) is 0 Å². The van der Waals surface area contributed by atoms with Crippen LogP contribution in [0.4, 0.5) is 5.69 Å². The third kappa shape index (κ3) is 4.32. The smallest absolute Gasteiger partial charge is 0.291 e. The molecule has 6 nitrogen and oxygen atoms in total. The highest BCUT2D eigenvalue weighted by Gasteiger charge is 2.33. The van der Waals surface area contributed by atoms with Crippen molar-refractivity contribution < 1.29 is 14.0 Å². The lowest BCUT2D eigenvalue weighted by Crippen LogP contribution is -2.52. The molecule has 0 radical (unpaired) electrons. The van der Waals surface area contributed by atoms with Gasteiger partial charge in [0.15, 0.2) is 5.76 Å². The zero-order valence-corrected chi connectivity index (χ0v) is 16.2. The number of para-hydroxylation sites is 1. The van der Waals surface area contributed by atoms with Crippen molar-refractivity contribution in [1.82, 2.24) is 5.32 Å². The van der Waals surface area contributed by atoms with Gasteiger partial charge in [-0.1, -0.05) is 43.2 Å². The fourth-order valence-electron chi connectivity index (χ4n) is 3.95. The molecule has 0 aliphatic heterocycles. The molecule has 1 aromatic heterocycles. The van der Waals surface area contributed by atoms with Crippen molar-refractivity contribution in [3.8, 4) is 0 Å². The molecule has 150 valence electrons. The van der Waals surface area contributed by atoms with Gasteiger partial charge in [-0.25, -0.2) is 0 Å². The fourth-order valence-corrected chi connectivity index (χ4v) is 3.95. The van der Waals surface area contributed by atoms with Crippen LogP contribution in [0.25, 0.3) is 11.0 Å². The number of carbonyl (C=O) groups is 2. The van der Waals surface area contributed by atoms with Crippen molar-refractivity contribution in [3.05, 3.63) is 65.9 Å². The first-order valence-corrected chi connectivity index (χ1v) is 9.97. The number of amides is 2. The highest BCUT2D eigenvalue weighted by atomic mass is 16.3. The summed E-state index contributed by atoms with van der Waals surface area (Å²) in [5, 5.41) is 6.83. The molecule has 3 aromatic rings. The lowest BCUT2D eigenvalue weighted by atomic mass is 9.97. The van der Waals surface area contributed by atoms with Crippen LogP contribution in [-0.2, 0) is 11.2 Å². The highest BCUT2D eigenvalue weighted by Crippen LogP contribution is 2.28. The van der Waals surface area contributed by atoms with E-state index in [1.54, 1.807) is 18.2 Å². The number of benzene rings is 2. The molecule has 6 heteroatoms. The molecule has 0 unspecified atom stereocenters. The van der Waals surface area contributed by atoms with Crippen LogP contribution in [0.2, 0.25) is 0 Å². The Hall–Kier alpha value is -3.12. The minimum atomic E-state index is -0.308. The topological polar surface area (TPSA) is 97.4 Å². The van der Waals surface area contributed by atoms with Crippen molar-refractivity contribution in [3.63, 3.8) is 0 Å². The van der Waals surface area contributed by atoms with E-state index >= 15 is 0 Å². The maximum Gasteiger partial charge on any atom is 0.291 e. The normalized spacial score (nSPS) is 15.3.